The summed E-state index contributed by atoms with van der Waals surface area (Å²) in [6.45, 7) is 1.64. The van der Waals surface area contributed by atoms with Gasteiger partial charge in [0.05, 0.1) is 11.0 Å². The highest BCUT2D eigenvalue weighted by Gasteiger charge is 2.48. The molecule has 5 nitrogen and oxygen atoms in total. The summed E-state index contributed by atoms with van der Waals surface area (Å²) in [6, 6.07) is -0.197. The zero-order valence-corrected chi connectivity index (χ0v) is 11.8. The lowest BCUT2D eigenvalue weighted by atomic mass is 10.1. The van der Waals surface area contributed by atoms with E-state index in [4.69, 9.17) is 0 Å². The maximum Gasteiger partial charge on any atom is 0.214 e. The molecule has 2 aliphatic heterocycles. The molecule has 0 aliphatic carbocycles. The van der Waals surface area contributed by atoms with Gasteiger partial charge >= 0.3 is 0 Å². The number of rotatable bonds is 3. The molecule has 0 aromatic heterocycles. The molecule has 7 heteroatoms. The van der Waals surface area contributed by atoms with Gasteiger partial charge in [-0.2, -0.15) is 4.31 Å². The van der Waals surface area contributed by atoms with E-state index in [1.54, 1.807) is 11.2 Å². The van der Waals surface area contributed by atoms with E-state index in [2.05, 4.69) is 0 Å². The average Bonchev–Trinajstić information content (AvgIpc) is 2.49. The Morgan fingerprint density at radius 1 is 1.06 bits per heavy atom. The highest BCUT2D eigenvalue weighted by molar-refractivity contribution is 7.91. The topological polar surface area (TPSA) is 71.5 Å². The van der Waals surface area contributed by atoms with Crippen LogP contribution in [0.4, 0.5) is 0 Å². The van der Waals surface area contributed by atoms with Crippen molar-refractivity contribution in [2.75, 3.05) is 12.0 Å². The van der Waals surface area contributed by atoms with Crippen LogP contribution in [-0.4, -0.2) is 50.5 Å². The summed E-state index contributed by atoms with van der Waals surface area (Å²) in [5.41, 5.74) is 0. The molecule has 2 rings (SSSR count). The van der Waals surface area contributed by atoms with Crippen LogP contribution in [0.15, 0.2) is 0 Å². The maximum atomic E-state index is 11.9. The quantitative estimate of drug-likeness (QED) is 0.749. The molecule has 2 atom stereocenters. The summed E-state index contributed by atoms with van der Waals surface area (Å²) in [6.07, 6.45) is 3.79. The summed E-state index contributed by atoms with van der Waals surface area (Å²) in [4.78, 5) is 0. The van der Waals surface area contributed by atoms with E-state index in [1.165, 1.54) is 6.26 Å². The van der Waals surface area contributed by atoms with Crippen LogP contribution >= 0.6 is 0 Å². The Hall–Kier alpha value is -0.140. The third kappa shape index (κ3) is 2.37. The first kappa shape index (κ1) is 13.3. The third-order valence-electron chi connectivity index (χ3n) is 3.91. The van der Waals surface area contributed by atoms with E-state index in [-0.39, 0.29) is 23.1 Å². The van der Waals surface area contributed by atoms with E-state index in [1.807, 2.05) is 0 Å². The first-order chi connectivity index (χ1) is 7.75. The van der Waals surface area contributed by atoms with Crippen LogP contribution < -0.4 is 0 Å². The molecule has 0 aromatic rings. The minimum absolute atomic E-state index is 0.0987. The molecule has 2 heterocycles. The van der Waals surface area contributed by atoms with Crippen LogP contribution in [-0.2, 0) is 19.9 Å². The maximum absolute atomic E-state index is 11.9. The summed E-state index contributed by atoms with van der Waals surface area (Å²) in [5, 5.41) is -0.358. The fourth-order valence-corrected chi connectivity index (χ4v) is 5.77. The fourth-order valence-electron chi connectivity index (χ4n) is 3.04. The summed E-state index contributed by atoms with van der Waals surface area (Å²) >= 11 is 0. The van der Waals surface area contributed by atoms with E-state index in [0.717, 1.165) is 12.8 Å². The lowest BCUT2D eigenvalue weighted by molar-refractivity contribution is 0.249. The molecule has 0 saturated carbocycles. The van der Waals surface area contributed by atoms with Gasteiger partial charge in [0, 0.05) is 18.3 Å². The van der Waals surface area contributed by atoms with Crippen molar-refractivity contribution in [3.8, 4) is 0 Å². The van der Waals surface area contributed by atoms with Crippen molar-refractivity contribution in [2.45, 2.75) is 49.9 Å². The number of fused-ring (bicyclic) bond motifs is 2. The van der Waals surface area contributed by atoms with Gasteiger partial charge in [-0.25, -0.2) is 16.8 Å². The molecule has 0 amide bonds. The van der Waals surface area contributed by atoms with Crippen molar-refractivity contribution in [2.24, 2.45) is 0 Å². The van der Waals surface area contributed by atoms with Gasteiger partial charge in [-0.15, -0.1) is 0 Å². The number of hydrogen-bond acceptors (Lipinski definition) is 4. The normalized spacial score (nSPS) is 35.1. The predicted molar refractivity (Wildman–Crippen MR) is 66.0 cm³/mol. The van der Waals surface area contributed by atoms with Crippen molar-refractivity contribution >= 4 is 19.9 Å². The van der Waals surface area contributed by atoms with Gasteiger partial charge in [0.2, 0.25) is 10.0 Å². The van der Waals surface area contributed by atoms with Crippen LogP contribution in [0.3, 0.4) is 0 Å². The third-order valence-corrected chi connectivity index (χ3v) is 7.48. The number of hydrogen-bond donors (Lipinski definition) is 0. The Bertz CT molecular complexity index is 482. The zero-order chi connectivity index (χ0) is 12.8. The molecule has 2 aliphatic rings. The van der Waals surface area contributed by atoms with Crippen LogP contribution in [0.25, 0.3) is 0 Å². The van der Waals surface area contributed by atoms with Gasteiger partial charge in [-0.05, 0) is 32.6 Å². The fraction of sp³-hybridized carbons (Fsp3) is 1.00. The van der Waals surface area contributed by atoms with E-state index in [9.17, 15) is 16.8 Å². The van der Waals surface area contributed by atoms with E-state index >= 15 is 0 Å². The predicted octanol–water partition coefficient (Wildman–Crippen LogP) is 0.376. The molecule has 0 aromatic carbocycles. The van der Waals surface area contributed by atoms with E-state index in [0.29, 0.717) is 12.8 Å². The van der Waals surface area contributed by atoms with Crippen LogP contribution in [0, 0.1) is 0 Å². The standard InChI is InChI=1S/C10H19NO4S2/c1-3-17(14,15)11-8-4-5-9(11)7-10(6-8)16(2,12)13/h8-10H,3-7H2,1-2H3. The largest absolute Gasteiger partial charge is 0.229 e. The molecule has 2 bridgehead atoms. The Balaban J connectivity index is 2.25. The minimum atomic E-state index is -3.19. The average molecular weight is 281 g/mol. The van der Waals surface area contributed by atoms with Crippen LogP contribution in [0.5, 0.6) is 0 Å². The second-order valence-corrected chi connectivity index (χ2v) is 9.53. The van der Waals surface area contributed by atoms with Crippen molar-refractivity contribution in [3.63, 3.8) is 0 Å². The van der Waals surface area contributed by atoms with Gasteiger partial charge < -0.3 is 0 Å². The molecule has 0 N–H and O–H groups in total. The number of nitrogens with zero attached hydrogens (tertiary/aromatic N) is 1. The molecule has 2 saturated heterocycles. The van der Waals surface area contributed by atoms with Gasteiger partial charge in [-0.1, -0.05) is 0 Å². The highest BCUT2D eigenvalue weighted by Crippen LogP contribution is 2.39. The summed E-state index contributed by atoms with van der Waals surface area (Å²) < 4.78 is 48.6. The summed E-state index contributed by atoms with van der Waals surface area (Å²) in [5.74, 6) is 0.101. The molecule has 0 spiro atoms. The van der Waals surface area contributed by atoms with Crippen LogP contribution in [0.1, 0.15) is 32.6 Å². The molecule has 2 unspecified atom stereocenters. The Kier molecular flexibility index (Phi) is 3.29. The number of sulfone groups is 1. The van der Waals surface area contributed by atoms with Gasteiger partial charge in [0.25, 0.3) is 0 Å². The lowest BCUT2D eigenvalue weighted by Gasteiger charge is -2.36. The van der Waals surface area contributed by atoms with Crippen molar-refractivity contribution in [1.29, 1.82) is 0 Å². The van der Waals surface area contributed by atoms with Crippen molar-refractivity contribution < 1.29 is 16.8 Å². The second kappa shape index (κ2) is 4.20. The molecule has 100 valence electrons. The smallest absolute Gasteiger partial charge is 0.214 e. The van der Waals surface area contributed by atoms with Crippen molar-refractivity contribution in [1.82, 2.24) is 4.31 Å². The Labute approximate surface area is 103 Å². The highest BCUT2D eigenvalue weighted by atomic mass is 32.2. The Morgan fingerprint density at radius 3 is 1.88 bits per heavy atom. The SMILES string of the molecule is CCS(=O)(=O)N1C2CCC1CC(S(C)(=O)=O)C2. The van der Waals surface area contributed by atoms with Gasteiger partial charge in [-0.3, -0.25) is 0 Å². The van der Waals surface area contributed by atoms with E-state index < -0.39 is 19.9 Å². The summed E-state index contributed by atoms with van der Waals surface area (Å²) in [7, 11) is -6.24. The first-order valence-corrected chi connectivity index (χ1v) is 9.52. The molecule has 0 radical (unpaired) electrons. The van der Waals surface area contributed by atoms with Crippen LogP contribution in [0.2, 0.25) is 0 Å². The molecule has 2 fully saturated rings. The first-order valence-electron chi connectivity index (χ1n) is 5.95. The van der Waals surface area contributed by atoms with Crippen molar-refractivity contribution in [3.05, 3.63) is 0 Å². The molecule has 17 heavy (non-hydrogen) atoms. The van der Waals surface area contributed by atoms with Gasteiger partial charge in [0.1, 0.15) is 9.84 Å². The number of sulfonamides is 1. The second-order valence-electron chi connectivity index (χ2n) is 5.04. The molecular weight excluding hydrogens is 262 g/mol. The Morgan fingerprint density at radius 2 is 1.53 bits per heavy atom. The minimum Gasteiger partial charge on any atom is -0.229 e. The lowest BCUT2D eigenvalue weighted by Crippen LogP contribution is -2.49. The molecular formula is C10H19NO4S2. The van der Waals surface area contributed by atoms with Gasteiger partial charge in [0.15, 0.2) is 0 Å². The monoisotopic (exact) mass is 281 g/mol. The zero-order valence-electron chi connectivity index (χ0n) is 10.2. The number of piperidine rings is 1.